The van der Waals surface area contributed by atoms with Gasteiger partial charge in [-0.3, -0.25) is 0 Å². The molecule has 2 bridgehead atoms. The van der Waals surface area contributed by atoms with Crippen LogP contribution in [0.5, 0.6) is 0 Å². The van der Waals surface area contributed by atoms with Crippen molar-refractivity contribution in [2.45, 2.75) is 45.2 Å². The molecule has 3 rings (SSSR count). The second kappa shape index (κ2) is 5.64. The highest BCUT2D eigenvalue weighted by Gasteiger charge is 2.34. The van der Waals surface area contributed by atoms with Crippen molar-refractivity contribution in [1.29, 1.82) is 0 Å². The van der Waals surface area contributed by atoms with Gasteiger partial charge in [-0.05, 0) is 56.3 Å². The first-order valence-corrected chi connectivity index (χ1v) is 7.83. The molecule has 1 aromatic carbocycles. The molecule has 1 aromatic rings. The lowest BCUT2D eigenvalue weighted by atomic mass is 9.92. The molecule has 1 N–H and O–H groups in total. The number of nitrogens with zero attached hydrogens (tertiary/aromatic N) is 1. The molecule has 4 unspecified atom stereocenters. The van der Waals surface area contributed by atoms with Crippen LogP contribution in [0.1, 0.15) is 43.9 Å². The third-order valence-electron chi connectivity index (χ3n) is 4.99. The molecule has 0 radical (unpaired) electrons. The Kier molecular flexibility index (Phi) is 3.90. The Hall–Kier alpha value is -0.860. The Morgan fingerprint density at radius 3 is 2.68 bits per heavy atom. The summed E-state index contributed by atoms with van der Waals surface area (Å²) in [6.07, 6.45) is 3.84. The van der Waals surface area contributed by atoms with Gasteiger partial charge in [0.05, 0.1) is 0 Å². The molecule has 0 saturated carbocycles. The van der Waals surface area contributed by atoms with Crippen LogP contribution in [0.3, 0.4) is 0 Å². The van der Waals surface area contributed by atoms with Crippen LogP contribution in [-0.2, 0) is 6.42 Å². The van der Waals surface area contributed by atoms with Gasteiger partial charge in [0.15, 0.2) is 0 Å². The first-order chi connectivity index (χ1) is 9.26. The highest BCUT2D eigenvalue weighted by molar-refractivity contribution is 5.24. The molecule has 104 valence electrons. The Balaban J connectivity index is 1.62. The number of aryl methyl sites for hydroxylation is 1. The van der Waals surface area contributed by atoms with Crippen LogP contribution in [0.2, 0.25) is 0 Å². The summed E-state index contributed by atoms with van der Waals surface area (Å²) in [7, 11) is 0. The van der Waals surface area contributed by atoms with Crippen molar-refractivity contribution in [3.8, 4) is 0 Å². The molecule has 19 heavy (non-hydrogen) atoms. The predicted molar refractivity (Wildman–Crippen MR) is 80.3 cm³/mol. The molecule has 2 aliphatic rings. The fourth-order valence-electron chi connectivity index (χ4n) is 3.63. The van der Waals surface area contributed by atoms with E-state index in [1.807, 2.05) is 0 Å². The van der Waals surface area contributed by atoms with E-state index in [2.05, 4.69) is 48.3 Å². The van der Waals surface area contributed by atoms with Gasteiger partial charge in [0.25, 0.3) is 0 Å². The number of benzene rings is 1. The van der Waals surface area contributed by atoms with Crippen LogP contribution in [0, 0.1) is 5.92 Å². The molecule has 0 aromatic heterocycles. The summed E-state index contributed by atoms with van der Waals surface area (Å²) >= 11 is 0. The summed E-state index contributed by atoms with van der Waals surface area (Å²) in [4.78, 5) is 2.61. The molecule has 2 fully saturated rings. The number of hydrogen-bond donors (Lipinski definition) is 1. The Morgan fingerprint density at radius 2 is 1.95 bits per heavy atom. The van der Waals surface area contributed by atoms with E-state index in [9.17, 15) is 0 Å². The van der Waals surface area contributed by atoms with Crippen molar-refractivity contribution in [2.75, 3.05) is 19.6 Å². The van der Waals surface area contributed by atoms with Crippen molar-refractivity contribution in [2.24, 2.45) is 5.92 Å². The number of rotatable bonds is 4. The molecule has 0 aliphatic carbocycles. The topological polar surface area (TPSA) is 15.3 Å². The zero-order chi connectivity index (χ0) is 13.2. The third kappa shape index (κ3) is 2.85. The summed E-state index contributed by atoms with van der Waals surface area (Å²) < 4.78 is 0. The Labute approximate surface area is 117 Å². The number of piperidine rings is 1. The van der Waals surface area contributed by atoms with Crippen LogP contribution in [0.25, 0.3) is 0 Å². The molecule has 2 heteroatoms. The van der Waals surface area contributed by atoms with Crippen molar-refractivity contribution >= 4 is 0 Å². The van der Waals surface area contributed by atoms with Crippen LogP contribution >= 0.6 is 0 Å². The van der Waals surface area contributed by atoms with Gasteiger partial charge in [0.2, 0.25) is 0 Å². The van der Waals surface area contributed by atoms with Crippen LogP contribution in [-0.4, -0.2) is 30.6 Å². The third-order valence-corrected chi connectivity index (χ3v) is 4.99. The molecule has 2 nitrogen and oxygen atoms in total. The van der Waals surface area contributed by atoms with E-state index in [1.165, 1.54) is 43.6 Å². The molecule has 4 atom stereocenters. The van der Waals surface area contributed by atoms with Crippen LogP contribution < -0.4 is 5.32 Å². The maximum atomic E-state index is 3.87. The number of nitrogens with one attached hydrogen (secondary N) is 1. The molecular formula is C17H26N2. The van der Waals surface area contributed by atoms with Gasteiger partial charge in [0.1, 0.15) is 0 Å². The monoisotopic (exact) mass is 258 g/mol. The summed E-state index contributed by atoms with van der Waals surface area (Å²) in [5.41, 5.74) is 2.86. The second-order valence-electron chi connectivity index (χ2n) is 6.23. The Morgan fingerprint density at radius 1 is 1.21 bits per heavy atom. The quantitative estimate of drug-likeness (QED) is 0.893. The predicted octanol–water partition coefficient (Wildman–Crippen LogP) is 2.99. The summed E-state index contributed by atoms with van der Waals surface area (Å²) in [5.74, 6) is 0.881. The largest absolute Gasteiger partial charge is 0.307 e. The fraction of sp³-hybridized carbons (Fsp3) is 0.647. The molecular weight excluding hydrogens is 232 g/mol. The average Bonchev–Trinajstić information content (AvgIpc) is 2.85. The Bertz CT molecular complexity index is 412. The first kappa shape index (κ1) is 13.1. The van der Waals surface area contributed by atoms with Crippen LogP contribution in [0.4, 0.5) is 0 Å². The molecule has 2 heterocycles. The number of hydrogen-bond acceptors (Lipinski definition) is 2. The van der Waals surface area contributed by atoms with Gasteiger partial charge in [-0.15, -0.1) is 0 Å². The highest BCUT2D eigenvalue weighted by atomic mass is 15.2. The lowest BCUT2D eigenvalue weighted by Gasteiger charge is -2.33. The van der Waals surface area contributed by atoms with Gasteiger partial charge in [0, 0.05) is 18.6 Å². The number of fused-ring (bicyclic) bond motifs is 2. The van der Waals surface area contributed by atoms with E-state index in [4.69, 9.17) is 0 Å². The minimum atomic E-state index is 0.475. The van der Waals surface area contributed by atoms with E-state index >= 15 is 0 Å². The van der Waals surface area contributed by atoms with Crippen molar-refractivity contribution < 1.29 is 0 Å². The summed E-state index contributed by atoms with van der Waals surface area (Å²) in [6, 6.07) is 10.3. The fourth-order valence-corrected chi connectivity index (χ4v) is 3.63. The SMILES string of the molecule is CCc1ccc(C(C)NC2CCN3CCC2C3)cc1. The zero-order valence-electron chi connectivity index (χ0n) is 12.2. The smallest absolute Gasteiger partial charge is 0.0294 e. The van der Waals surface area contributed by atoms with E-state index in [0.29, 0.717) is 6.04 Å². The summed E-state index contributed by atoms with van der Waals surface area (Å²) in [6.45, 7) is 8.45. The van der Waals surface area contributed by atoms with Gasteiger partial charge in [-0.1, -0.05) is 31.2 Å². The normalized spacial score (nSPS) is 31.4. The minimum Gasteiger partial charge on any atom is -0.307 e. The standard InChI is InChI=1S/C17H26N2/c1-3-14-4-6-15(7-5-14)13(2)18-17-9-11-19-10-8-16(17)12-19/h4-7,13,16-18H,3,8-12H2,1-2H3. The van der Waals surface area contributed by atoms with Crippen LogP contribution in [0.15, 0.2) is 24.3 Å². The first-order valence-electron chi connectivity index (χ1n) is 7.83. The maximum Gasteiger partial charge on any atom is 0.0294 e. The van der Waals surface area contributed by atoms with E-state index in [-0.39, 0.29) is 0 Å². The van der Waals surface area contributed by atoms with E-state index in [1.54, 1.807) is 0 Å². The van der Waals surface area contributed by atoms with E-state index < -0.39 is 0 Å². The maximum absolute atomic E-state index is 3.87. The zero-order valence-corrected chi connectivity index (χ0v) is 12.2. The molecule has 2 aliphatic heterocycles. The minimum absolute atomic E-state index is 0.475. The van der Waals surface area contributed by atoms with Gasteiger partial charge in [-0.25, -0.2) is 0 Å². The van der Waals surface area contributed by atoms with Gasteiger partial charge < -0.3 is 10.2 Å². The van der Waals surface area contributed by atoms with Gasteiger partial charge >= 0.3 is 0 Å². The molecule has 0 spiro atoms. The average molecular weight is 258 g/mol. The van der Waals surface area contributed by atoms with Crippen molar-refractivity contribution in [1.82, 2.24) is 10.2 Å². The van der Waals surface area contributed by atoms with Crippen molar-refractivity contribution in [3.05, 3.63) is 35.4 Å². The molecule has 2 saturated heterocycles. The van der Waals surface area contributed by atoms with E-state index in [0.717, 1.165) is 18.4 Å². The van der Waals surface area contributed by atoms with Crippen molar-refractivity contribution in [3.63, 3.8) is 0 Å². The summed E-state index contributed by atoms with van der Waals surface area (Å²) in [5, 5.41) is 3.87. The lowest BCUT2D eigenvalue weighted by Crippen LogP contribution is -2.44. The lowest BCUT2D eigenvalue weighted by molar-refractivity contribution is 0.212. The second-order valence-corrected chi connectivity index (χ2v) is 6.23. The van der Waals surface area contributed by atoms with Gasteiger partial charge in [-0.2, -0.15) is 0 Å². The highest BCUT2D eigenvalue weighted by Crippen LogP contribution is 2.28. The molecule has 0 amide bonds.